The Morgan fingerprint density at radius 2 is 1.96 bits per heavy atom. The molecule has 0 radical (unpaired) electrons. The van der Waals surface area contributed by atoms with Gasteiger partial charge in [-0.15, -0.1) is 0 Å². The van der Waals surface area contributed by atoms with Gasteiger partial charge in [-0.3, -0.25) is 9.10 Å². The number of nitrogens with one attached hydrogen (secondary N) is 1. The van der Waals surface area contributed by atoms with Gasteiger partial charge < -0.3 is 14.6 Å². The van der Waals surface area contributed by atoms with Gasteiger partial charge in [0.05, 0.1) is 18.0 Å². The van der Waals surface area contributed by atoms with E-state index >= 15 is 0 Å². The largest absolute Gasteiger partial charge is 0.491 e. The van der Waals surface area contributed by atoms with Crippen molar-refractivity contribution in [3.05, 3.63) is 36.1 Å². The molecule has 1 N–H and O–H groups in total. The summed E-state index contributed by atoms with van der Waals surface area (Å²) in [5, 5.41) is 6.24. The lowest BCUT2D eigenvalue weighted by Crippen LogP contribution is -2.33. The van der Waals surface area contributed by atoms with Crippen LogP contribution in [0, 0.1) is 6.92 Å². The van der Waals surface area contributed by atoms with E-state index in [4.69, 9.17) is 9.26 Å². The van der Waals surface area contributed by atoms with E-state index in [-0.39, 0.29) is 25.0 Å². The van der Waals surface area contributed by atoms with Crippen LogP contribution in [0.4, 0.5) is 11.5 Å². The van der Waals surface area contributed by atoms with Gasteiger partial charge in [0.15, 0.2) is 5.82 Å². The first-order valence-corrected chi connectivity index (χ1v) is 9.97. The molecule has 0 spiro atoms. The van der Waals surface area contributed by atoms with E-state index < -0.39 is 10.0 Å². The molecule has 142 valence electrons. The van der Waals surface area contributed by atoms with Crippen LogP contribution in [-0.4, -0.2) is 38.4 Å². The number of sulfonamides is 1. The number of rotatable bonds is 8. The highest BCUT2D eigenvalue weighted by Crippen LogP contribution is 2.22. The zero-order valence-electron chi connectivity index (χ0n) is 15.2. The Morgan fingerprint density at radius 1 is 1.31 bits per heavy atom. The highest BCUT2D eigenvalue weighted by atomic mass is 32.2. The van der Waals surface area contributed by atoms with Gasteiger partial charge in [0.2, 0.25) is 15.9 Å². The van der Waals surface area contributed by atoms with Gasteiger partial charge in [0.25, 0.3) is 0 Å². The highest BCUT2D eigenvalue weighted by Gasteiger charge is 2.19. The monoisotopic (exact) mass is 381 g/mol. The molecule has 2 aromatic rings. The summed E-state index contributed by atoms with van der Waals surface area (Å²) in [5.74, 6) is 1.17. The summed E-state index contributed by atoms with van der Waals surface area (Å²) in [7, 11) is -3.54. The van der Waals surface area contributed by atoms with Crippen molar-refractivity contribution in [1.82, 2.24) is 5.16 Å². The van der Waals surface area contributed by atoms with E-state index in [2.05, 4.69) is 10.5 Å². The third-order valence-electron chi connectivity index (χ3n) is 3.33. The molecule has 1 aromatic carbocycles. The first kappa shape index (κ1) is 19.8. The average Bonchev–Trinajstić information content (AvgIpc) is 2.92. The minimum Gasteiger partial charge on any atom is -0.491 e. The van der Waals surface area contributed by atoms with Crippen LogP contribution in [-0.2, 0) is 14.8 Å². The molecule has 0 bridgehead atoms. The van der Waals surface area contributed by atoms with Crippen molar-refractivity contribution in [2.75, 3.05) is 22.4 Å². The third-order valence-corrected chi connectivity index (χ3v) is 4.53. The normalized spacial score (nSPS) is 11.4. The van der Waals surface area contributed by atoms with E-state index in [0.29, 0.717) is 23.0 Å². The number of ether oxygens (including phenoxy) is 1. The van der Waals surface area contributed by atoms with Gasteiger partial charge >= 0.3 is 0 Å². The molecule has 1 aromatic heterocycles. The molecule has 0 aliphatic rings. The number of aromatic nitrogens is 1. The number of carbonyl (C=O) groups is 1. The van der Waals surface area contributed by atoms with E-state index in [9.17, 15) is 13.2 Å². The van der Waals surface area contributed by atoms with Crippen molar-refractivity contribution < 1.29 is 22.5 Å². The Bertz CT molecular complexity index is 844. The number of hydrogen-bond donors (Lipinski definition) is 1. The Labute approximate surface area is 153 Å². The van der Waals surface area contributed by atoms with E-state index in [1.54, 1.807) is 37.3 Å². The SMILES string of the molecule is Cc1cc(NC(=O)CCN(c2ccc(OC(C)C)cc2)S(C)(=O)=O)no1. The van der Waals surface area contributed by atoms with Crippen LogP contribution >= 0.6 is 0 Å². The standard InChI is InChI=1S/C17H23N3O5S/c1-12(2)24-15-7-5-14(6-8-15)20(26(4,22)23)10-9-17(21)18-16-11-13(3)25-19-16/h5-8,11-12H,9-10H2,1-4H3,(H,18,19,21). The summed E-state index contributed by atoms with van der Waals surface area (Å²) in [5.41, 5.74) is 0.466. The minimum absolute atomic E-state index is 0.00584. The zero-order chi connectivity index (χ0) is 19.3. The Balaban J connectivity index is 2.04. The smallest absolute Gasteiger partial charge is 0.232 e. The molecule has 8 nitrogen and oxygen atoms in total. The van der Waals surface area contributed by atoms with Gasteiger partial charge in [0.1, 0.15) is 11.5 Å². The summed E-state index contributed by atoms with van der Waals surface area (Å²) in [6.07, 6.45) is 1.10. The summed E-state index contributed by atoms with van der Waals surface area (Å²) in [4.78, 5) is 12.0. The first-order valence-electron chi connectivity index (χ1n) is 8.13. The molecule has 2 rings (SSSR count). The second-order valence-electron chi connectivity index (χ2n) is 6.12. The van der Waals surface area contributed by atoms with Crippen LogP contribution in [0.15, 0.2) is 34.9 Å². The number of nitrogens with zero attached hydrogens (tertiary/aromatic N) is 2. The minimum atomic E-state index is -3.54. The van der Waals surface area contributed by atoms with Gasteiger partial charge in [-0.2, -0.15) is 0 Å². The van der Waals surface area contributed by atoms with E-state index in [1.807, 2.05) is 13.8 Å². The van der Waals surface area contributed by atoms with Gasteiger partial charge in [-0.25, -0.2) is 8.42 Å². The number of hydrogen-bond acceptors (Lipinski definition) is 6. The van der Waals surface area contributed by atoms with E-state index in [0.717, 1.165) is 6.26 Å². The van der Waals surface area contributed by atoms with Crippen LogP contribution in [0.25, 0.3) is 0 Å². The lowest BCUT2D eigenvalue weighted by molar-refractivity contribution is -0.116. The first-order chi connectivity index (χ1) is 12.1. The summed E-state index contributed by atoms with van der Waals surface area (Å²) >= 11 is 0. The van der Waals surface area contributed by atoms with Crippen LogP contribution in [0.1, 0.15) is 26.0 Å². The molecular formula is C17H23N3O5S. The number of amides is 1. The van der Waals surface area contributed by atoms with Crippen LogP contribution in [0.5, 0.6) is 5.75 Å². The maximum Gasteiger partial charge on any atom is 0.232 e. The van der Waals surface area contributed by atoms with Crippen molar-refractivity contribution in [3.63, 3.8) is 0 Å². The molecule has 0 saturated carbocycles. The van der Waals surface area contributed by atoms with Crippen molar-refractivity contribution >= 4 is 27.4 Å². The Hall–Kier alpha value is -2.55. The lowest BCUT2D eigenvalue weighted by Gasteiger charge is -2.22. The fraction of sp³-hybridized carbons (Fsp3) is 0.412. The molecule has 1 amide bonds. The number of aryl methyl sites for hydroxylation is 1. The molecule has 0 saturated heterocycles. The van der Waals surface area contributed by atoms with Crippen LogP contribution in [0.2, 0.25) is 0 Å². The Kier molecular flexibility index (Phi) is 6.25. The predicted molar refractivity (Wildman–Crippen MR) is 98.9 cm³/mol. The summed E-state index contributed by atoms with van der Waals surface area (Å²) in [6, 6.07) is 8.28. The third kappa shape index (κ3) is 5.76. The topological polar surface area (TPSA) is 102 Å². The fourth-order valence-corrected chi connectivity index (χ4v) is 3.21. The number of benzene rings is 1. The Morgan fingerprint density at radius 3 is 2.46 bits per heavy atom. The maximum absolute atomic E-state index is 12.1. The van der Waals surface area contributed by atoms with Gasteiger partial charge in [-0.1, -0.05) is 5.16 Å². The molecule has 1 heterocycles. The quantitative estimate of drug-likeness (QED) is 0.754. The average molecular weight is 381 g/mol. The molecule has 0 atom stereocenters. The molecule has 0 unspecified atom stereocenters. The summed E-state index contributed by atoms with van der Waals surface area (Å²) < 4.78 is 35.8. The van der Waals surface area contributed by atoms with Crippen LogP contribution < -0.4 is 14.4 Å². The van der Waals surface area contributed by atoms with Crippen molar-refractivity contribution in [1.29, 1.82) is 0 Å². The molecular weight excluding hydrogens is 358 g/mol. The highest BCUT2D eigenvalue weighted by molar-refractivity contribution is 7.92. The molecule has 0 aliphatic heterocycles. The molecule has 26 heavy (non-hydrogen) atoms. The lowest BCUT2D eigenvalue weighted by atomic mass is 10.3. The van der Waals surface area contributed by atoms with Crippen LogP contribution in [0.3, 0.4) is 0 Å². The van der Waals surface area contributed by atoms with Crippen molar-refractivity contribution in [3.8, 4) is 5.75 Å². The fourth-order valence-electron chi connectivity index (χ4n) is 2.28. The molecule has 0 fully saturated rings. The zero-order valence-corrected chi connectivity index (χ0v) is 16.0. The van der Waals surface area contributed by atoms with Crippen molar-refractivity contribution in [2.45, 2.75) is 33.3 Å². The second-order valence-corrected chi connectivity index (χ2v) is 8.02. The number of carbonyl (C=O) groups excluding carboxylic acids is 1. The van der Waals surface area contributed by atoms with Gasteiger partial charge in [-0.05, 0) is 45.0 Å². The van der Waals surface area contributed by atoms with E-state index in [1.165, 1.54) is 4.31 Å². The second kappa shape index (κ2) is 8.22. The maximum atomic E-state index is 12.1. The summed E-state index contributed by atoms with van der Waals surface area (Å²) in [6.45, 7) is 5.53. The molecule has 0 aliphatic carbocycles. The van der Waals surface area contributed by atoms with Gasteiger partial charge in [0, 0.05) is 19.0 Å². The predicted octanol–water partition coefficient (Wildman–Crippen LogP) is 2.57. The van der Waals surface area contributed by atoms with Crippen molar-refractivity contribution in [2.24, 2.45) is 0 Å². The molecule has 9 heteroatoms. The number of anilines is 2.